The zero-order valence-corrected chi connectivity index (χ0v) is 13.7. The van der Waals surface area contributed by atoms with Crippen LogP contribution in [-0.2, 0) is 16.0 Å². The van der Waals surface area contributed by atoms with E-state index in [1.807, 2.05) is 36.4 Å². The minimum atomic E-state index is -0.446. The molecule has 1 atom stereocenters. The third kappa shape index (κ3) is 4.13. The van der Waals surface area contributed by atoms with Crippen molar-refractivity contribution in [3.63, 3.8) is 0 Å². The van der Waals surface area contributed by atoms with Crippen LogP contribution < -0.4 is 15.4 Å². The molecule has 126 valence electrons. The third-order valence-electron chi connectivity index (χ3n) is 4.01. The van der Waals surface area contributed by atoms with E-state index in [-0.39, 0.29) is 5.91 Å². The Labute approximate surface area is 142 Å². The molecule has 5 nitrogen and oxygen atoms in total. The number of amides is 1. The van der Waals surface area contributed by atoms with Crippen molar-refractivity contribution in [3.05, 3.63) is 59.7 Å². The van der Waals surface area contributed by atoms with Crippen LogP contribution in [0.15, 0.2) is 48.5 Å². The molecule has 5 heteroatoms. The van der Waals surface area contributed by atoms with Gasteiger partial charge in [-0.2, -0.15) is 0 Å². The van der Waals surface area contributed by atoms with E-state index < -0.39 is 6.10 Å². The van der Waals surface area contributed by atoms with E-state index in [0.29, 0.717) is 13.2 Å². The quantitative estimate of drug-likeness (QED) is 0.884. The second kappa shape index (κ2) is 7.95. The van der Waals surface area contributed by atoms with Crippen LogP contribution >= 0.6 is 0 Å². The Balaban J connectivity index is 1.74. The number of nitrogens with one attached hydrogen (secondary N) is 2. The summed E-state index contributed by atoms with van der Waals surface area (Å²) in [6.45, 7) is 1.88. The van der Waals surface area contributed by atoms with Gasteiger partial charge in [0.15, 0.2) is 0 Å². The van der Waals surface area contributed by atoms with Crippen LogP contribution in [0.1, 0.15) is 11.1 Å². The molecule has 1 saturated heterocycles. The second-order valence-electron chi connectivity index (χ2n) is 5.74. The van der Waals surface area contributed by atoms with Crippen molar-refractivity contribution in [2.45, 2.75) is 12.5 Å². The number of hydrogen-bond acceptors (Lipinski definition) is 4. The molecular weight excluding hydrogens is 304 g/mol. The van der Waals surface area contributed by atoms with Gasteiger partial charge in [0.2, 0.25) is 0 Å². The summed E-state index contributed by atoms with van der Waals surface area (Å²) in [5.41, 5.74) is 2.98. The molecule has 0 unspecified atom stereocenters. The van der Waals surface area contributed by atoms with Crippen LogP contribution in [0.4, 0.5) is 5.69 Å². The Bertz CT molecular complexity index is 682. The molecule has 0 aromatic heterocycles. The smallest absolute Gasteiger partial charge is 0.254 e. The molecule has 0 radical (unpaired) electrons. The van der Waals surface area contributed by atoms with Crippen molar-refractivity contribution >= 4 is 11.6 Å². The first-order valence-electron chi connectivity index (χ1n) is 8.10. The van der Waals surface area contributed by atoms with Gasteiger partial charge < -0.3 is 20.1 Å². The van der Waals surface area contributed by atoms with Crippen LogP contribution in [-0.4, -0.2) is 38.8 Å². The lowest BCUT2D eigenvalue weighted by atomic mass is 10.0. The van der Waals surface area contributed by atoms with Gasteiger partial charge in [-0.25, -0.2) is 0 Å². The maximum absolute atomic E-state index is 12.3. The Kier molecular flexibility index (Phi) is 5.46. The maximum atomic E-state index is 12.3. The Hall–Kier alpha value is -2.37. The maximum Gasteiger partial charge on any atom is 0.254 e. The molecule has 1 aliphatic heterocycles. The normalized spacial score (nSPS) is 17.3. The number of rotatable bonds is 5. The van der Waals surface area contributed by atoms with Crippen molar-refractivity contribution in [2.24, 2.45) is 0 Å². The fourth-order valence-corrected chi connectivity index (χ4v) is 2.77. The van der Waals surface area contributed by atoms with Crippen LogP contribution in [0.25, 0.3) is 0 Å². The van der Waals surface area contributed by atoms with E-state index in [4.69, 9.17) is 9.47 Å². The molecule has 0 aliphatic carbocycles. The summed E-state index contributed by atoms with van der Waals surface area (Å²) in [6, 6.07) is 15.9. The average molecular weight is 326 g/mol. The molecule has 2 aromatic carbocycles. The standard InChI is InChI=1S/C19H22N2O3/c1-23-17-8-7-16(21-19(22)18-13-20-9-10-24-18)12-15(17)11-14-5-3-2-4-6-14/h2-8,12,18,20H,9-11,13H2,1H3,(H,21,22)/t18-/m1/s1. The molecule has 3 rings (SSSR count). The highest BCUT2D eigenvalue weighted by atomic mass is 16.5. The van der Waals surface area contributed by atoms with Crippen LogP contribution in [0.2, 0.25) is 0 Å². The average Bonchev–Trinajstić information content (AvgIpc) is 2.63. The predicted octanol–water partition coefficient (Wildman–Crippen LogP) is 2.21. The first-order valence-corrected chi connectivity index (χ1v) is 8.10. The van der Waals surface area contributed by atoms with Crippen molar-refractivity contribution in [2.75, 3.05) is 32.1 Å². The van der Waals surface area contributed by atoms with Gasteiger partial charge >= 0.3 is 0 Å². The molecular formula is C19H22N2O3. The molecule has 1 aliphatic rings. The summed E-state index contributed by atoms with van der Waals surface area (Å²) in [5.74, 6) is 0.686. The SMILES string of the molecule is COc1ccc(NC(=O)[C@H]2CNCCO2)cc1Cc1ccccc1. The largest absolute Gasteiger partial charge is 0.496 e. The van der Waals surface area contributed by atoms with Crippen LogP contribution in [0.5, 0.6) is 5.75 Å². The lowest BCUT2D eigenvalue weighted by molar-refractivity contribution is -0.128. The summed E-state index contributed by atoms with van der Waals surface area (Å²) in [5, 5.41) is 6.09. The van der Waals surface area contributed by atoms with Gasteiger partial charge in [0, 0.05) is 30.8 Å². The second-order valence-corrected chi connectivity index (χ2v) is 5.74. The van der Waals surface area contributed by atoms with Crippen molar-refractivity contribution in [1.82, 2.24) is 5.32 Å². The molecule has 1 amide bonds. The van der Waals surface area contributed by atoms with Crippen LogP contribution in [0, 0.1) is 0 Å². The fourth-order valence-electron chi connectivity index (χ4n) is 2.77. The lowest BCUT2D eigenvalue weighted by Gasteiger charge is -2.23. The first kappa shape index (κ1) is 16.5. The topological polar surface area (TPSA) is 59.6 Å². The molecule has 2 aromatic rings. The van der Waals surface area contributed by atoms with E-state index in [9.17, 15) is 4.79 Å². The minimum Gasteiger partial charge on any atom is -0.496 e. The lowest BCUT2D eigenvalue weighted by Crippen LogP contribution is -2.45. The number of carbonyl (C=O) groups excluding carboxylic acids is 1. The van der Waals surface area contributed by atoms with Gasteiger partial charge in [0.1, 0.15) is 11.9 Å². The van der Waals surface area contributed by atoms with Crippen molar-refractivity contribution in [1.29, 1.82) is 0 Å². The molecule has 0 spiro atoms. The fraction of sp³-hybridized carbons (Fsp3) is 0.316. The number of benzene rings is 2. The van der Waals surface area contributed by atoms with Crippen molar-refractivity contribution in [3.8, 4) is 5.75 Å². The number of methoxy groups -OCH3 is 1. The Morgan fingerprint density at radius 2 is 2.12 bits per heavy atom. The predicted molar refractivity (Wildman–Crippen MR) is 93.5 cm³/mol. The Morgan fingerprint density at radius 3 is 2.83 bits per heavy atom. The van der Waals surface area contributed by atoms with Gasteiger partial charge in [0.05, 0.1) is 13.7 Å². The summed E-state index contributed by atoms with van der Waals surface area (Å²) in [7, 11) is 1.66. The molecule has 0 bridgehead atoms. The van der Waals surface area contributed by atoms with E-state index in [2.05, 4.69) is 22.8 Å². The van der Waals surface area contributed by atoms with Crippen molar-refractivity contribution < 1.29 is 14.3 Å². The third-order valence-corrected chi connectivity index (χ3v) is 4.01. The Morgan fingerprint density at radius 1 is 1.29 bits per heavy atom. The number of anilines is 1. The molecule has 2 N–H and O–H groups in total. The zero-order valence-electron chi connectivity index (χ0n) is 13.7. The summed E-state index contributed by atoms with van der Waals surface area (Å²) in [6.07, 6.45) is 0.299. The van der Waals surface area contributed by atoms with E-state index >= 15 is 0 Å². The van der Waals surface area contributed by atoms with Gasteiger partial charge in [-0.15, -0.1) is 0 Å². The van der Waals surface area contributed by atoms with Gasteiger partial charge in [-0.05, 0) is 23.8 Å². The highest BCUT2D eigenvalue weighted by Gasteiger charge is 2.22. The zero-order chi connectivity index (χ0) is 16.8. The van der Waals surface area contributed by atoms with E-state index in [1.165, 1.54) is 5.56 Å². The van der Waals surface area contributed by atoms with Crippen LogP contribution in [0.3, 0.4) is 0 Å². The number of hydrogen-bond donors (Lipinski definition) is 2. The monoisotopic (exact) mass is 326 g/mol. The van der Waals surface area contributed by atoms with Gasteiger partial charge in [0.25, 0.3) is 5.91 Å². The minimum absolute atomic E-state index is 0.127. The number of ether oxygens (including phenoxy) is 2. The number of carbonyl (C=O) groups is 1. The van der Waals surface area contributed by atoms with Gasteiger partial charge in [-0.3, -0.25) is 4.79 Å². The van der Waals surface area contributed by atoms with E-state index in [0.717, 1.165) is 30.0 Å². The summed E-state index contributed by atoms with van der Waals surface area (Å²) >= 11 is 0. The molecule has 24 heavy (non-hydrogen) atoms. The van der Waals surface area contributed by atoms with Gasteiger partial charge in [-0.1, -0.05) is 30.3 Å². The summed E-state index contributed by atoms with van der Waals surface area (Å²) in [4.78, 5) is 12.3. The molecule has 1 fully saturated rings. The highest BCUT2D eigenvalue weighted by molar-refractivity contribution is 5.94. The molecule has 1 heterocycles. The first-order chi connectivity index (χ1) is 11.8. The summed E-state index contributed by atoms with van der Waals surface area (Å²) < 4.78 is 10.9. The highest BCUT2D eigenvalue weighted by Crippen LogP contribution is 2.25. The van der Waals surface area contributed by atoms with E-state index in [1.54, 1.807) is 7.11 Å². The molecule has 0 saturated carbocycles. The number of morpholine rings is 1.